The number of hydrogen-bond acceptors (Lipinski definition) is 14. The Hall–Kier alpha value is -6.26. The first kappa shape index (κ1) is 47.8. The summed E-state index contributed by atoms with van der Waals surface area (Å²) in [6, 6.07) is 26.4. The van der Waals surface area contributed by atoms with E-state index in [4.69, 9.17) is 18.9 Å². The van der Waals surface area contributed by atoms with Crippen molar-refractivity contribution in [1.29, 1.82) is 0 Å². The average Bonchev–Trinajstić information content (AvgIpc) is 3.68. The van der Waals surface area contributed by atoms with Crippen molar-refractivity contribution in [2.45, 2.75) is 27.7 Å². The van der Waals surface area contributed by atoms with Crippen LogP contribution in [-0.4, -0.2) is 114 Å². The lowest BCUT2D eigenvalue weighted by Crippen LogP contribution is -2.36. The molecule has 0 radical (unpaired) electrons. The molecular weight excluding hydrogens is 849 g/mol. The van der Waals surface area contributed by atoms with Crippen LogP contribution in [0.1, 0.15) is 89.8 Å². The zero-order chi connectivity index (χ0) is 45.7. The summed E-state index contributed by atoms with van der Waals surface area (Å²) in [6.45, 7) is 6.87. The van der Waals surface area contributed by atoms with Gasteiger partial charge in [-0.1, -0.05) is 52.0 Å². The Bertz CT molecular complexity index is 2280. The van der Waals surface area contributed by atoms with E-state index in [2.05, 4.69) is 19.6 Å². The monoisotopic (exact) mass is 896 g/mol. The van der Waals surface area contributed by atoms with Crippen LogP contribution in [0, 0.1) is 11.3 Å². The molecule has 6 rings (SSSR count). The fourth-order valence-corrected chi connectivity index (χ4v) is 7.16. The second kappa shape index (κ2) is 22.2. The molecule has 0 saturated heterocycles. The average molecular weight is 897 g/mol. The lowest BCUT2D eigenvalue weighted by Gasteiger charge is -2.20. The highest BCUT2D eigenvalue weighted by atomic mass is 32.2. The third-order valence-corrected chi connectivity index (χ3v) is 11.8. The van der Waals surface area contributed by atoms with Gasteiger partial charge in [-0.2, -0.15) is 24.4 Å². The summed E-state index contributed by atoms with van der Waals surface area (Å²) in [6.07, 6.45) is 0. The van der Waals surface area contributed by atoms with Crippen molar-refractivity contribution in [3.8, 4) is 11.5 Å². The molecule has 0 N–H and O–H groups in total. The van der Waals surface area contributed by atoms with Crippen LogP contribution in [0.15, 0.2) is 97.1 Å². The molecule has 0 spiro atoms. The number of ether oxygens (including phenoxy) is 4. The van der Waals surface area contributed by atoms with E-state index in [1.54, 1.807) is 109 Å². The van der Waals surface area contributed by atoms with E-state index in [0.29, 0.717) is 28.4 Å². The minimum Gasteiger partial charge on any atom is -0.490 e. The number of thioether (sulfide) groups is 1. The lowest BCUT2D eigenvalue weighted by atomic mass is 9.86. The quantitative estimate of drug-likeness (QED) is 0.0334. The van der Waals surface area contributed by atoms with Crippen LogP contribution >= 0.6 is 24.4 Å². The van der Waals surface area contributed by atoms with Crippen LogP contribution < -0.4 is 9.47 Å². The van der Waals surface area contributed by atoms with E-state index in [1.807, 2.05) is 20.8 Å². The number of carbonyl (C=O) groups is 8. The van der Waals surface area contributed by atoms with Crippen molar-refractivity contribution < 1.29 is 57.3 Å². The Morgan fingerprint density at radius 1 is 0.603 bits per heavy atom. The van der Waals surface area contributed by atoms with Crippen LogP contribution in [0.4, 0.5) is 0 Å². The second-order valence-corrected chi connectivity index (χ2v) is 16.6. The minimum absolute atomic E-state index is 0.00358. The summed E-state index contributed by atoms with van der Waals surface area (Å²) in [4.78, 5) is 99.7. The Labute approximate surface area is 375 Å². The first-order valence-corrected chi connectivity index (χ1v) is 21.9. The van der Waals surface area contributed by atoms with E-state index in [9.17, 15) is 38.4 Å². The van der Waals surface area contributed by atoms with Crippen LogP contribution in [0.2, 0.25) is 0 Å². The minimum atomic E-state index is -0.701. The number of fused-ring (bicyclic) bond motifs is 2. The molecule has 1 unspecified atom stereocenters. The van der Waals surface area contributed by atoms with Gasteiger partial charge in [0.2, 0.25) is 0 Å². The molecule has 2 aliphatic rings. The molecule has 2 aliphatic heterocycles. The van der Waals surface area contributed by atoms with Gasteiger partial charge < -0.3 is 18.9 Å². The van der Waals surface area contributed by atoms with E-state index in [1.165, 1.54) is 0 Å². The number of thiol groups is 1. The van der Waals surface area contributed by atoms with Crippen molar-refractivity contribution in [3.05, 3.63) is 130 Å². The summed E-state index contributed by atoms with van der Waals surface area (Å²) in [5, 5.41) is 0. The lowest BCUT2D eigenvalue weighted by molar-refractivity contribution is -0.145. The van der Waals surface area contributed by atoms with Crippen LogP contribution in [-0.2, 0) is 19.1 Å². The molecular formula is C47H48N2O12S2. The van der Waals surface area contributed by atoms with Crippen molar-refractivity contribution >= 4 is 71.5 Å². The van der Waals surface area contributed by atoms with Gasteiger partial charge in [-0.15, -0.1) is 0 Å². The van der Waals surface area contributed by atoms with Gasteiger partial charge in [0.1, 0.15) is 51.0 Å². The molecule has 0 saturated carbocycles. The number of rotatable bonds is 20. The standard InChI is InChI=1S/C24H25NO6S.C23H23NO6S/c1-3-32-15-16(2)22(27)17-8-10-18(11-9-17)30-12-13-31-21(26)14-25-23(28)19-6-4-5-7-20(19)24(25)29;1-23(2,14-31)20(26)15-7-9-16(10-8-15)29-11-12-30-19(25)13-24-21(27)17-5-3-4-6-18(17)22(24)28/h4-11,16H,3,12-15H2,1-2H3;3-10,31H,11-14H2,1-2H3. The number of ketones is 2. The Balaban J connectivity index is 0.000000238. The first-order chi connectivity index (χ1) is 30.2. The number of nitrogens with zero attached hydrogens (tertiary/aromatic N) is 2. The van der Waals surface area contributed by atoms with E-state index < -0.39 is 54.1 Å². The second-order valence-electron chi connectivity index (χ2n) is 15.0. The van der Waals surface area contributed by atoms with Crippen molar-refractivity contribution in [2.75, 3.05) is 56.8 Å². The smallest absolute Gasteiger partial charge is 0.326 e. The molecule has 0 aromatic heterocycles. The van der Waals surface area contributed by atoms with Gasteiger partial charge in [-0.05, 0) is 78.5 Å². The topological polar surface area (TPSA) is 180 Å². The highest BCUT2D eigenvalue weighted by molar-refractivity contribution is 7.99. The predicted molar refractivity (Wildman–Crippen MR) is 238 cm³/mol. The molecule has 1 atom stereocenters. The van der Waals surface area contributed by atoms with Crippen LogP contribution in [0.25, 0.3) is 0 Å². The molecule has 4 aromatic rings. The van der Waals surface area contributed by atoms with Crippen molar-refractivity contribution in [3.63, 3.8) is 0 Å². The first-order valence-electron chi connectivity index (χ1n) is 20.1. The van der Waals surface area contributed by atoms with Crippen LogP contribution in [0.5, 0.6) is 11.5 Å². The summed E-state index contributed by atoms with van der Waals surface area (Å²) in [5.41, 5.74) is 1.78. The van der Waals surface area contributed by atoms with E-state index in [0.717, 1.165) is 21.3 Å². The largest absolute Gasteiger partial charge is 0.490 e. The molecule has 4 amide bonds. The van der Waals surface area contributed by atoms with Gasteiger partial charge in [0.15, 0.2) is 11.6 Å². The van der Waals surface area contributed by atoms with Gasteiger partial charge in [-0.3, -0.25) is 48.2 Å². The predicted octanol–water partition coefficient (Wildman–Crippen LogP) is 6.52. The van der Waals surface area contributed by atoms with Gasteiger partial charge in [0.05, 0.1) is 22.3 Å². The zero-order valence-electron chi connectivity index (χ0n) is 35.3. The summed E-state index contributed by atoms with van der Waals surface area (Å²) < 4.78 is 21.2. The summed E-state index contributed by atoms with van der Waals surface area (Å²) >= 11 is 5.95. The van der Waals surface area contributed by atoms with E-state index >= 15 is 0 Å². The number of esters is 2. The zero-order valence-corrected chi connectivity index (χ0v) is 37.0. The van der Waals surface area contributed by atoms with Gasteiger partial charge in [-0.25, -0.2) is 0 Å². The van der Waals surface area contributed by atoms with Gasteiger partial charge in [0.25, 0.3) is 23.6 Å². The molecule has 16 heteroatoms. The maximum absolute atomic E-state index is 12.4. The molecule has 0 aliphatic carbocycles. The molecule has 2 heterocycles. The van der Waals surface area contributed by atoms with Gasteiger partial charge in [0, 0.05) is 34.0 Å². The third-order valence-electron chi connectivity index (χ3n) is 9.85. The molecule has 63 heavy (non-hydrogen) atoms. The fourth-order valence-electron chi connectivity index (χ4n) is 6.28. The Morgan fingerprint density at radius 2 is 0.984 bits per heavy atom. The summed E-state index contributed by atoms with van der Waals surface area (Å²) in [7, 11) is 0. The Kier molecular flexibility index (Phi) is 16.8. The molecule has 330 valence electrons. The molecule has 0 fully saturated rings. The maximum atomic E-state index is 12.4. The van der Waals surface area contributed by atoms with E-state index in [-0.39, 0.29) is 66.2 Å². The highest BCUT2D eigenvalue weighted by Crippen LogP contribution is 2.26. The number of hydrogen-bond donors (Lipinski definition) is 1. The fraction of sp³-hybridized carbons (Fsp3) is 0.319. The number of amides is 4. The molecule has 0 bridgehead atoms. The number of benzene rings is 4. The number of Topliss-reactive ketones (excluding diaryl/α,β-unsaturated/α-hetero) is 2. The highest BCUT2D eigenvalue weighted by Gasteiger charge is 2.38. The normalized spacial score (nSPS) is 13.4. The third kappa shape index (κ3) is 12.2. The molecule has 14 nitrogen and oxygen atoms in total. The molecule has 4 aromatic carbocycles. The van der Waals surface area contributed by atoms with Crippen molar-refractivity contribution in [1.82, 2.24) is 9.80 Å². The Morgan fingerprint density at radius 3 is 1.35 bits per heavy atom. The van der Waals surface area contributed by atoms with Crippen LogP contribution in [0.3, 0.4) is 0 Å². The number of carbonyl (C=O) groups excluding carboxylic acids is 8. The number of imide groups is 2. The SMILES string of the molecule is CC(C)(CS)C(=O)c1ccc(OCCOC(=O)CN2C(=O)c3ccccc3C2=O)cc1.CCSCC(C)C(=O)c1ccc(OCCOC(=O)CN2C(=O)c3ccccc3C2=O)cc1. The maximum Gasteiger partial charge on any atom is 0.326 e. The van der Waals surface area contributed by atoms with Crippen molar-refractivity contribution in [2.24, 2.45) is 11.3 Å². The summed E-state index contributed by atoms with van der Waals surface area (Å²) in [5.74, 6) is -0.0883. The van der Waals surface area contributed by atoms with Gasteiger partial charge >= 0.3 is 11.9 Å².